The summed E-state index contributed by atoms with van der Waals surface area (Å²) in [6.45, 7) is 12.6. The normalized spacial score (nSPS) is 15.8. The van der Waals surface area contributed by atoms with Gasteiger partial charge in [0.05, 0.1) is 18.8 Å². The number of alkyl carbamates (subject to hydrolysis) is 1. The van der Waals surface area contributed by atoms with Crippen molar-refractivity contribution < 1.29 is 14.3 Å². The van der Waals surface area contributed by atoms with Crippen LogP contribution in [-0.4, -0.2) is 56.5 Å². The Morgan fingerprint density at radius 1 is 1.26 bits per heavy atom. The zero-order valence-corrected chi connectivity index (χ0v) is 17.9. The van der Waals surface area contributed by atoms with E-state index in [-0.39, 0.29) is 11.6 Å². The molecule has 1 rings (SSSR count). The van der Waals surface area contributed by atoms with Gasteiger partial charge in [0.1, 0.15) is 5.60 Å². The highest BCUT2D eigenvalue weighted by Crippen LogP contribution is 2.16. The highest BCUT2D eigenvalue weighted by atomic mass is 16.6. The average molecular weight is 383 g/mol. The van der Waals surface area contributed by atoms with Crippen LogP contribution in [0, 0.1) is 0 Å². The molecule has 0 aromatic rings. The molecule has 0 saturated heterocycles. The number of hydrogen-bond acceptors (Lipinski definition) is 4. The minimum Gasteiger partial charge on any atom is -0.444 e. The van der Waals surface area contributed by atoms with Gasteiger partial charge in [-0.05, 0) is 46.5 Å². The Balaban J connectivity index is 2.52. The van der Waals surface area contributed by atoms with Gasteiger partial charge in [0.2, 0.25) is 0 Å². The van der Waals surface area contributed by atoms with Gasteiger partial charge < -0.3 is 25.4 Å². The van der Waals surface area contributed by atoms with Gasteiger partial charge in [-0.1, -0.05) is 25.5 Å². The third-order valence-electron chi connectivity index (χ3n) is 4.73. The first-order valence-corrected chi connectivity index (χ1v) is 9.95. The number of nitrogens with zero attached hydrogens (tertiary/aromatic N) is 1. The van der Waals surface area contributed by atoms with E-state index in [1.165, 1.54) is 5.57 Å². The maximum atomic E-state index is 12.2. The monoisotopic (exact) mass is 382 g/mol. The standard InChI is InChI=1S/C20H38N4O3/c1-7-20(8-2,24-18(25)27-19(3,4)5)15-23-17(21-6)22-12-9-16-10-13-26-14-11-16/h10H,7-9,11-15H2,1-6H3,(H,24,25)(H2,21,22,23). The van der Waals surface area contributed by atoms with Crippen LogP contribution in [0.4, 0.5) is 4.79 Å². The molecule has 0 atom stereocenters. The second-order valence-electron chi connectivity index (χ2n) is 7.90. The van der Waals surface area contributed by atoms with Crippen molar-refractivity contribution in [1.82, 2.24) is 16.0 Å². The van der Waals surface area contributed by atoms with E-state index in [0.717, 1.165) is 44.8 Å². The fourth-order valence-electron chi connectivity index (χ4n) is 2.85. The van der Waals surface area contributed by atoms with Crippen LogP contribution in [0.15, 0.2) is 16.6 Å². The first kappa shape index (κ1) is 23.3. The molecule has 7 nitrogen and oxygen atoms in total. The average Bonchev–Trinajstić information content (AvgIpc) is 2.62. The lowest BCUT2D eigenvalue weighted by Crippen LogP contribution is -2.57. The predicted molar refractivity (Wildman–Crippen MR) is 110 cm³/mol. The molecule has 0 bridgehead atoms. The summed E-state index contributed by atoms with van der Waals surface area (Å²) < 4.78 is 10.8. The number of hydrogen-bond donors (Lipinski definition) is 3. The lowest BCUT2D eigenvalue weighted by atomic mass is 9.93. The van der Waals surface area contributed by atoms with E-state index in [0.29, 0.717) is 13.2 Å². The Bertz CT molecular complexity index is 520. The predicted octanol–water partition coefficient (Wildman–Crippen LogP) is 2.97. The highest BCUT2D eigenvalue weighted by molar-refractivity contribution is 5.79. The zero-order valence-electron chi connectivity index (χ0n) is 17.9. The molecule has 3 N–H and O–H groups in total. The third kappa shape index (κ3) is 9.13. The summed E-state index contributed by atoms with van der Waals surface area (Å²) >= 11 is 0. The molecular formula is C20H38N4O3. The molecule has 0 unspecified atom stereocenters. The minimum atomic E-state index is -0.513. The molecular weight excluding hydrogens is 344 g/mol. The zero-order chi connectivity index (χ0) is 20.3. The third-order valence-corrected chi connectivity index (χ3v) is 4.73. The molecule has 1 aliphatic heterocycles. The van der Waals surface area contributed by atoms with Crippen LogP contribution in [-0.2, 0) is 9.47 Å². The summed E-state index contributed by atoms with van der Waals surface area (Å²) in [6.07, 6.45) is 5.34. The van der Waals surface area contributed by atoms with Crippen molar-refractivity contribution in [2.24, 2.45) is 4.99 Å². The number of aliphatic imine (C=N–C) groups is 1. The van der Waals surface area contributed by atoms with Crippen molar-refractivity contribution in [3.05, 3.63) is 11.6 Å². The molecule has 1 amide bonds. The second-order valence-corrected chi connectivity index (χ2v) is 7.90. The van der Waals surface area contributed by atoms with E-state index in [1.54, 1.807) is 7.05 Å². The van der Waals surface area contributed by atoms with Crippen molar-refractivity contribution in [1.29, 1.82) is 0 Å². The minimum absolute atomic E-state index is 0.386. The summed E-state index contributed by atoms with van der Waals surface area (Å²) in [5.74, 6) is 0.736. The van der Waals surface area contributed by atoms with Gasteiger partial charge in [-0.3, -0.25) is 4.99 Å². The number of nitrogens with one attached hydrogen (secondary N) is 3. The van der Waals surface area contributed by atoms with Gasteiger partial charge in [0, 0.05) is 20.1 Å². The Hall–Kier alpha value is -1.76. The topological polar surface area (TPSA) is 84.0 Å². The maximum Gasteiger partial charge on any atom is 0.408 e. The van der Waals surface area contributed by atoms with E-state index in [2.05, 4.69) is 40.9 Å². The first-order valence-electron chi connectivity index (χ1n) is 9.95. The Morgan fingerprint density at radius 2 is 1.96 bits per heavy atom. The van der Waals surface area contributed by atoms with Gasteiger partial charge in [-0.2, -0.15) is 0 Å². The van der Waals surface area contributed by atoms with Crippen LogP contribution < -0.4 is 16.0 Å². The lowest BCUT2D eigenvalue weighted by molar-refractivity contribution is 0.0448. The summed E-state index contributed by atoms with van der Waals surface area (Å²) in [7, 11) is 1.75. The summed E-state index contributed by atoms with van der Waals surface area (Å²) in [5.41, 5.74) is 0.525. The van der Waals surface area contributed by atoms with Crippen LogP contribution in [0.25, 0.3) is 0 Å². The number of guanidine groups is 1. The van der Waals surface area contributed by atoms with Crippen LogP contribution in [0.3, 0.4) is 0 Å². The molecule has 7 heteroatoms. The van der Waals surface area contributed by atoms with Crippen LogP contribution in [0.5, 0.6) is 0 Å². The first-order chi connectivity index (χ1) is 12.7. The van der Waals surface area contributed by atoms with Crippen LogP contribution in [0.1, 0.15) is 60.3 Å². The molecule has 0 fully saturated rings. The molecule has 0 aromatic heterocycles. The molecule has 1 heterocycles. The number of ether oxygens (including phenoxy) is 2. The molecule has 1 aliphatic rings. The SMILES string of the molecule is CCC(CC)(CNC(=NC)NCCC1=CCOCC1)NC(=O)OC(C)(C)C. The van der Waals surface area contributed by atoms with Gasteiger partial charge in [0.25, 0.3) is 0 Å². The van der Waals surface area contributed by atoms with Crippen molar-refractivity contribution >= 4 is 12.1 Å². The fraction of sp³-hybridized carbons (Fsp3) is 0.800. The van der Waals surface area contributed by atoms with E-state index in [9.17, 15) is 4.79 Å². The summed E-state index contributed by atoms with van der Waals surface area (Å²) in [6, 6.07) is 0. The second kappa shape index (κ2) is 11.2. The van der Waals surface area contributed by atoms with E-state index < -0.39 is 5.60 Å². The molecule has 0 aliphatic carbocycles. The highest BCUT2D eigenvalue weighted by Gasteiger charge is 2.30. The Kier molecular flexibility index (Phi) is 9.63. The van der Waals surface area contributed by atoms with Crippen molar-refractivity contribution in [2.75, 3.05) is 33.4 Å². The quantitative estimate of drug-likeness (QED) is 0.341. The smallest absolute Gasteiger partial charge is 0.408 e. The van der Waals surface area contributed by atoms with Crippen LogP contribution >= 0.6 is 0 Å². The Morgan fingerprint density at radius 3 is 2.48 bits per heavy atom. The lowest BCUT2D eigenvalue weighted by Gasteiger charge is -2.34. The fourth-order valence-corrected chi connectivity index (χ4v) is 2.85. The van der Waals surface area contributed by atoms with Gasteiger partial charge >= 0.3 is 6.09 Å². The summed E-state index contributed by atoms with van der Waals surface area (Å²) in [4.78, 5) is 16.5. The van der Waals surface area contributed by atoms with Gasteiger partial charge in [0.15, 0.2) is 5.96 Å². The molecule has 27 heavy (non-hydrogen) atoms. The van der Waals surface area contributed by atoms with Gasteiger partial charge in [-0.25, -0.2) is 4.79 Å². The molecule has 0 aromatic carbocycles. The van der Waals surface area contributed by atoms with E-state index >= 15 is 0 Å². The molecule has 0 radical (unpaired) electrons. The van der Waals surface area contributed by atoms with Gasteiger partial charge in [-0.15, -0.1) is 0 Å². The van der Waals surface area contributed by atoms with Crippen LogP contribution in [0.2, 0.25) is 0 Å². The largest absolute Gasteiger partial charge is 0.444 e. The van der Waals surface area contributed by atoms with Crippen molar-refractivity contribution in [3.8, 4) is 0 Å². The molecule has 0 saturated carbocycles. The number of rotatable bonds is 8. The molecule has 0 spiro atoms. The van der Waals surface area contributed by atoms with Crippen molar-refractivity contribution in [2.45, 2.75) is 71.4 Å². The van der Waals surface area contributed by atoms with Crippen molar-refractivity contribution in [3.63, 3.8) is 0 Å². The molecule has 156 valence electrons. The maximum absolute atomic E-state index is 12.2. The van der Waals surface area contributed by atoms with E-state index in [4.69, 9.17) is 9.47 Å². The van der Waals surface area contributed by atoms with E-state index in [1.807, 2.05) is 20.8 Å². The number of carbonyl (C=O) groups excluding carboxylic acids is 1. The number of amides is 1. The summed E-state index contributed by atoms with van der Waals surface area (Å²) in [5, 5.41) is 9.73. The Labute approximate surface area is 164 Å². The number of carbonyl (C=O) groups is 1.